The first kappa shape index (κ1) is 20.8. The maximum Gasteiger partial charge on any atom is 0.438 e. The van der Waals surface area contributed by atoms with Gasteiger partial charge in [0.15, 0.2) is 6.61 Å². The van der Waals surface area contributed by atoms with Crippen LogP contribution in [0.3, 0.4) is 0 Å². The number of hydrogen-bond donors (Lipinski definition) is 1. The summed E-state index contributed by atoms with van der Waals surface area (Å²) in [6.45, 7) is 1.10. The summed E-state index contributed by atoms with van der Waals surface area (Å²) in [4.78, 5) is 12.2. The van der Waals surface area contributed by atoms with Crippen molar-refractivity contribution in [3.05, 3.63) is 28.2 Å². The summed E-state index contributed by atoms with van der Waals surface area (Å²) < 4.78 is 45.1. The second-order valence-electron chi connectivity index (χ2n) is 5.83. The van der Waals surface area contributed by atoms with Crippen LogP contribution in [0, 0.1) is 0 Å². The molecule has 1 heterocycles. The predicted octanol–water partition coefficient (Wildman–Crippen LogP) is 4.40. The highest BCUT2D eigenvalue weighted by molar-refractivity contribution is 6.35. The van der Waals surface area contributed by atoms with Gasteiger partial charge in [-0.25, -0.2) is 0 Å². The summed E-state index contributed by atoms with van der Waals surface area (Å²) >= 11 is 11.6. The van der Waals surface area contributed by atoms with E-state index < -0.39 is 30.8 Å². The lowest BCUT2D eigenvalue weighted by Crippen LogP contribution is -2.57. The third kappa shape index (κ3) is 4.42. The SMILES string of the molecule is CCCCC1=NN(C(=O)COc2ccc(Cl)cc2Cl)[C@@](O)(C(F)(F)F)C1. The highest BCUT2D eigenvalue weighted by atomic mass is 35.5. The molecule has 0 spiro atoms. The van der Waals surface area contributed by atoms with Gasteiger partial charge in [0, 0.05) is 17.2 Å². The fourth-order valence-corrected chi connectivity index (χ4v) is 2.88. The molecule has 144 valence electrons. The Morgan fingerprint density at radius 3 is 2.69 bits per heavy atom. The third-order valence-electron chi connectivity index (χ3n) is 3.80. The van der Waals surface area contributed by atoms with Gasteiger partial charge in [0.05, 0.1) is 5.02 Å². The second kappa shape index (κ2) is 8.02. The number of halogens is 5. The van der Waals surface area contributed by atoms with E-state index in [1.807, 2.05) is 6.92 Å². The van der Waals surface area contributed by atoms with Gasteiger partial charge in [-0.05, 0) is 31.0 Å². The average Bonchev–Trinajstić information content (AvgIpc) is 2.90. The summed E-state index contributed by atoms with van der Waals surface area (Å²) in [6, 6.07) is 4.20. The fraction of sp³-hybridized carbons (Fsp3) is 0.500. The molecule has 0 saturated carbocycles. The molecule has 0 aromatic heterocycles. The Morgan fingerprint density at radius 2 is 2.12 bits per heavy atom. The zero-order valence-electron chi connectivity index (χ0n) is 13.8. The largest absolute Gasteiger partial charge is 0.482 e. The van der Waals surface area contributed by atoms with Gasteiger partial charge < -0.3 is 9.84 Å². The van der Waals surface area contributed by atoms with Crippen LogP contribution in [0.1, 0.15) is 32.6 Å². The second-order valence-corrected chi connectivity index (χ2v) is 6.67. The summed E-state index contributed by atoms with van der Waals surface area (Å²) in [5.74, 6) is -1.06. The molecule has 0 radical (unpaired) electrons. The number of carbonyl (C=O) groups excluding carboxylic acids is 1. The topological polar surface area (TPSA) is 62.1 Å². The minimum Gasteiger partial charge on any atom is -0.482 e. The van der Waals surface area contributed by atoms with Gasteiger partial charge in [0.25, 0.3) is 11.6 Å². The van der Waals surface area contributed by atoms with Crippen molar-refractivity contribution in [1.82, 2.24) is 5.01 Å². The summed E-state index contributed by atoms with van der Waals surface area (Å²) in [7, 11) is 0. The van der Waals surface area contributed by atoms with Crippen molar-refractivity contribution >= 4 is 34.8 Å². The van der Waals surface area contributed by atoms with Crippen molar-refractivity contribution < 1.29 is 27.8 Å². The monoisotopic (exact) mass is 412 g/mol. The normalized spacial score (nSPS) is 20.3. The number of aliphatic hydroxyl groups is 1. The summed E-state index contributed by atoms with van der Waals surface area (Å²) in [6.07, 6.45) is -4.22. The molecule has 1 aromatic carbocycles. The number of amides is 1. The summed E-state index contributed by atoms with van der Waals surface area (Å²) in [5, 5.41) is 14.3. The van der Waals surface area contributed by atoms with Crippen LogP contribution in [0.5, 0.6) is 5.75 Å². The summed E-state index contributed by atoms with van der Waals surface area (Å²) in [5.41, 5.74) is -3.26. The van der Waals surface area contributed by atoms with E-state index in [4.69, 9.17) is 27.9 Å². The molecule has 1 N–H and O–H groups in total. The zero-order chi connectivity index (χ0) is 19.5. The minimum absolute atomic E-state index is 0.0574. The van der Waals surface area contributed by atoms with Gasteiger partial charge in [0.2, 0.25) is 0 Å². The van der Waals surface area contributed by atoms with Crippen molar-refractivity contribution in [3.63, 3.8) is 0 Å². The third-order valence-corrected chi connectivity index (χ3v) is 4.33. The molecular weight excluding hydrogens is 396 g/mol. The molecule has 5 nitrogen and oxygen atoms in total. The first-order valence-corrected chi connectivity index (χ1v) is 8.60. The Morgan fingerprint density at radius 1 is 1.42 bits per heavy atom. The average molecular weight is 413 g/mol. The molecule has 1 amide bonds. The van der Waals surface area contributed by atoms with Gasteiger partial charge in [-0.2, -0.15) is 23.3 Å². The molecule has 2 rings (SSSR count). The van der Waals surface area contributed by atoms with Crippen molar-refractivity contribution in [2.45, 2.75) is 44.5 Å². The predicted molar refractivity (Wildman–Crippen MR) is 91.4 cm³/mol. The van der Waals surface area contributed by atoms with Crippen molar-refractivity contribution in [2.75, 3.05) is 6.61 Å². The Kier molecular flexibility index (Phi) is 6.42. The molecule has 0 bridgehead atoms. The van der Waals surface area contributed by atoms with Crippen LogP contribution in [0.25, 0.3) is 0 Å². The van der Waals surface area contributed by atoms with E-state index in [-0.39, 0.29) is 27.9 Å². The minimum atomic E-state index is -5.06. The Balaban J connectivity index is 2.15. The number of ether oxygens (including phenoxy) is 1. The number of rotatable bonds is 6. The molecule has 0 fully saturated rings. The molecule has 1 atom stereocenters. The number of nitrogens with zero attached hydrogens (tertiary/aromatic N) is 2. The standard InChI is InChI=1S/C16H17Cl2F3N2O3/c1-2-3-4-11-8-15(25,16(19,20)21)23(22-11)14(24)9-26-13-6-5-10(17)7-12(13)18/h5-7,25H,2-4,8-9H2,1H3/t15-/m0/s1. The van der Waals surface area contributed by atoms with E-state index >= 15 is 0 Å². The number of carbonyl (C=O) groups is 1. The molecule has 0 saturated heterocycles. The molecule has 1 aliphatic rings. The van der Waals surface area contributed by atoms with Gasteiger partial charge in [-0.3, -0.25) is 4.79 Å². The van der Waals surface area contributed by atoms with Gasteiger partial charge in [-0.1, -0.05) is 36.5 Å². The van der Waals surface area contributed by atoms with E-state index in [2.05, 4.69) is 5.10 Å². The lowest BCUT2D eigenvalue weighted by Gasteiger charge is -2.32. The first-order valence-electron chi connectivity index (χ1n) is 7.85. The molecule has 26 heavy (non-hydrogen) atoms. The van der Waals surface area contributed by atoms with Crippen LogP contribution in [-0.4, -0.2) is 40.2 Å². The zero-order valence-corrected chi connectivity index (χ0v) is 15.3. The van der Waals surface area contributed by atoms with Crippen molar-refractivity contribution in [1.29, 1.82) is 0 Å². The van der Waals surface area contributed by atoms with E-state index in [0.717, 1.165) is 6.42 Å². The molecule has 0 unspecified atom stereocenters. The van der Waals surface area contributed by atoms with Gasteiger partial charge in [0.1, 0.15) is 5.75 Å². The first-order chi connectivity index (χ1) is 12.1. The number of unbranched alkanes of at least 4 members (excludes halogenated alkanes) is 1. The lowest BCUT2D eigenvalue weighted by atomic mass is 10.0. The molecular formula is C16H17Cl2F3N2O3. The fourth-order valence-electron chi connectivity index (χ4n) is 2.41. The Labute approximate surface area is 158 Å². The maximum atomic E-state index is 13.3. The van der Waals surface area contributed by atoms with Crippen molar-refractivity contribution in [2.24, 2.45) is 5.10 Å². The van der Waals surface area contributed by atoms with Crippen LogP contribution in [-0.2, 0) is 4.79 Å². The number of hydrogen-bond acceptors (Lipinski definition) is 4. The molecule has 1 aromatic rings. The van der Waals surface area contributed by atoms with E-state index in [9.17, 15) is 23.1 Å². The molecule has 1 aliphatic heterocycles. The highest BCUT2D eigenvalue weighted by Gasteiger charge is 2.63. The van der Waals surface area contributed by atoms with E-state index in [0.29, 0.717) is 11.4 Å². The molecule has 10 heteroatoms. The lowest BCUT2D eigenvalue weighted by molar-refractivity contribution is -0.302. The van der Waals surface area contributed by atoms with E-state index in [1.54, 1.807) is 0 Å². The van der Waals surface area contributed by atoms with Crippen LogP contribution in [0.2, 0.25) is 10.0 Å². The highest BCUT2D eigenvalue weighted by Crippen LogP contribution is 2.41. The van der Waals surface area contributed by atoms with E-state index in [1.165, 1.54) is 18.2 Å². The Bertz CT molecular complexity index is 712. The number of hydrazone groups is 1. The van der Waals surface area contributed by atoms with Gasteiger partial charge >= 0.3 is 6.18 Å². The number of alkyl halides is 3. The van der Waals surface area contributed by atoms with Crippen LogP contribution in [0.15, 0.2) is 23.3 Å². The van der Waals surface area contributed by atoms with Crippen LogP contribution >= 0.6 is 23.2 Å². The molecule has 0 aliphatic carbocycles. The quantitative estimate of drug-likeness (QED) is 0.752. The van der Waals surface area contributed by atoms with Crippen molar-refractivity contribution in [3.8, 4) is 5.75 Å². The van der Waals surface area contributed by atoms with Gasteiger partial charge in [-0.15, -0.1) is 0 Å². The van der Waals surface area contributed by atoms with Crippen LogP contribution in [0.4, 0.5) is 13.2 Å². The number of benzene rings is 1. The maximum absolute atomic E-state index is 13.3. The van der Waals surface area contributed by atoms with Crippen LogP contribution < -0.4 is 4.74 Å². The Hall–Kier alpha value is -1.51. The smallest absolute Gasteiger partial charge is 0.438 e.